The lowest BCUT2D eigenvalue weighted by Crippen LogP contribution is -2.27. The molecule has 2 rings (SSSR count). The fourth-order valence-corrected chi connectivity index (χ4v) is 1.72. The molecule has 2 aromatic rings. The van der Waals surface area contributed by atoms with Crippen LogP contribution in [0.3, 0.4) is 0 Å². The molecule has 1 heterocycles. The van der Waals surface area contributed by atoms with Gasteiger partial charge in [-0.1, -0.05) is 16.8 Å². The number of ether oxygens (including phenoxy) is 1. The van der Waals surface area contributed by atoms with Crippen LogP contribution in [0, 0.1) is 0 Å². The number of methoxy groups -OCH3 is 1. The van der Waals surface area contributed by atoms with E-state index in [-0.39, 0.29) is 11.9 Å². The number of halogens is 1. The highest BCUT2D eigenvalue weighted by Crippen LogP contribution is 2.23. The van der Waals surface area contributed by atoms with Crippen LogP contribution in [0.5, 0.6) is 5.75 Å². The van der Waals surface area contributed by atoms with E-state index in [1.807, 2.05) is 0 Å². The third-order valence-electron chi connectivity index (χ3n) is 2.50. The summed E-state index contributed by atoms with van der Waals surface area (Å²) in [6.45, 7) is 1.75. The summed E-state index contributed by atoms with van der Waals surface area (Å²) in [7, 11) is 1.49. The number of carbonyl (C=O) groups excluding carboxylic acids is 1. The monoisotopic (exact) mass is 281 g/mol. The van der Waals surface area contributed by atoms with Gasteiger partial charge in [0.05, 0.1) is 18.7 Å². The van der Waals surface area contributed by atoms with E-state index in [0.29, 0.717) is 22.2 Å². The predicted molar refractivity (Wildman–Crippen MR) is 68.1 cm³/mol. The Hall–Kier alpha value is -2.15. The molecule has 0 radical (unpaired) electrons. The Labute approximate surface area is 114 Å². The first kappa shape index (κ1) is 13.3. The van der Waals surface area contributed by atoms with Crippen LogP contribution >= 0.6 is 11.6 Å². The fraction of sp³-hybridized carbons (Fsp3) is 0.273. The van der Waals surface area contributed by atoms with Crippen LogP contribution in [0.2, 0.25) is 5.02 Å². The maximum atomic E-state index is 12.1. The van der Waals surface area contributed by atoms with Gasteiger partial charge in [-0.15, -0.1) is 10.2 Å². The zero-order valence-electron chi connectivity index (χ0n) is 10.3. The van der Waals surface area contributed by atoms with Gasteiger partial charge in [0.2, 0.25) is 0 Å². The number of aromatic amines is 1. The predicted octanol–water partition coefficient (Wildman–Crippen LogP) is 1.35. The summed E-state index contributed by atoms with van der Waals surface area (Å²) in [4.78, 5) is 12.1. The lowest BCUT2D eigenvalue weighted by molar-refractivity contribution is 0.0935. The van der Waals surface area contributed by atoms with Crippen LogP contribution in [0.15, 0.2) is 18.2 Å². The van der Waals surface area contributed by atoms with Crippen LogP contribution in [-0.4, -0.2) is 33.6 Å². The van der Waals surface area contributed by atoms with Crippen molar-refractivity contribution in [2.24, 2.45) is 0 Å². The van der Waals surface area contributed by atoms with Gasteiger partial charge in [0, 0.05) is 5.02 Å². The molecule has 0 aliphatic carbocycles. The van der Waals surface area contributed by atoms with Crippen molar-refractivity contribution in [1.82, 2.24) is 25.9 Å². The van der Waals surface area contributed by atoms with Gasteiger partial charge in [0.25, 0.3) is 5.91 Å². The van der Waals surface area contributed by atoms with Crippen molar-refractivity contribution in [3.8, 4) is 5.75 Å². The smallest absolute Gasteiger partial charge is 0.255 e. The minimum atomic E-state index is -0.380. The molecule has 8 heteroatoms. The maximum absolute atomic E-state index is 12.1. The highest BCUT2D eigenvalue weighted by atomic mass is 35.5. The largest absolute Gasteiger partial charge is 0.496 e. The second kappa shape index (κ2) is 5.66. The average molecular weight is 282 g/mol. The molecule has 0 fully saturated rings. The molecule has 0 aliphatic heterocycles. The van der Waals surface area contributed by atoms with E-state index < -0.39 is 0 Å². The number of carbonyl (C=O) groups is 1. The van der Waals surface area contributed by atoms with Crippen molar-refractivity contribution in [3.63, 3.8) is 0 Å². The van der Waals surface area contributed by atoms with Crippen LogP contribution in [-0.2, 0) is 0 Å². The highest BCUT2D eigenvalue weighted by Gasteiger charge is 2.18. The number of aromatic nitrogens is 4. The van der Waals surface area contributed by atoms with E-state index in [9.17, 15) is 4.79 Å². The van der Waals surface area contributed by atoms with Crippen LogP contribution < -0.4 is 10.1 Å². The van der Waals surface area contributed by atoms with E-state index in [1.54, 1.807) is 25.1 Å². The van der Waals surface area contributed by atoms with E-state index in [1.165, 1.54) is 7.11 Å². The summed E-state index contributed by atoms with van der Waals surface area (Å²) >= 11 is 5.88. The Bertz CT molecular complexity index is 572. The molecule has 1 aromatic heterocycles. The molecule has 0 saturated carbocycles. The summed E-state index contributed by atoms with van der Waals surface area (Å²) in [6, 6.07) is 4.45. The van der Waals surface area contributed by atoms with Crippen LogP contribution in [0.1, 0.15) is 29.1 Å². The Kier molecular flexibility index (Phi) is 3.96. The Balaban J connectivity index is 2.18. The Morgan fingerprint density at radius 2 is 2.32 bits per heavy atom. The summed E-state index contributed by atoms with van der Waals surface area (Å²) in [5.41, 5.74) is 0.352. The minimum absolute atomic E-state index is 0.323. The number of benzene rings is 1. The molecule has 0 aliphatic rings. The zero-order chi connectivity index (χ0) is 13.8. The van der Waals surface area contributed by atoms with Gasteiger partial charge in [0.15, 0.2) is 5.82 Å². The Morgan fingerprint density at radius 3 is 2.95 bits per heavy atom. The SMILES string of the molecule is COc1ccc(Cl)cc1C(=O)NC(C)c1nn[nH]n1. The highest BCUT2D eigenvalue weighted by molar-refractivity contribution is 6.31. The lowest BCUT2D eigenvalue weighted by atomic mass is 10.1. The fourth-order valence-electron chi connectivity index (χ4n) is 1.55. The number of amides is 1. The molecule has 100 valence electrons. The van der Waals surface area contributed by atoms with Crippen molar-refractivity contribution < 1.29 is 9.53 Å². The number of tetrazole rings is 1. The molecular weight excluding hydrogens is 270 g/mol. The van der Waals surface area contributed by atoms with Gasteiger partial charge in [-0.3, -0.25) is 4.79 Å². The summed E-state index contributed by atoms with van der Waals surface area (Å²) in [5, 5.41) is 16.6. The number of H-pyrrole nitrogens is 1. The molecule has 0 saturated heterocycles. The van der Waals surface area contributed by atoms with Crippen molar-refractivity contribution in [3.05, 3.63) is 34.6 Å². The van der Waals surface area contributed by atoms with Gasteiger partial charge in [0.1, 0.15) is 5.75 Å². The third kappa shape index (κ3) is 3.00. The number of hydrogen-bond donors (Lipinski definition) is 2. The van der Waals surface area contributed by atoms with Gasteiger partial charge in [-0.25, -0.2) is 0 Å². The molecule has 1 unspecified atom stereocenters. The summed E-state index contributed by atoms with van der Waals surface area (Å²) in [5.74, 6) is 0.521. The summed E-state index contributed by atoms with van der Waals surface area (Å²) < 4.78 is 5.12. The Morgan fingerprint density at radius 1 is 1.53 bits per heavy atom. The van der Waals surface area contributed by atoms with Gasteiger partial charge in [-0.05, 0) is 25.1 Å². The van der Waals surface area contributed by atoms with Crippen molar-refractivity contribution in [1.29, 1.82) is 0 Å². The van der Waals surface area contributed by atoms with Crippen molar-refractivity contribution in [2.45, 2.75) is 13.0 Å². The number of nitrogens with one attached hydrogen (secondary N) is 2. The standard InChI is InChI=1S/C11H12ClN5O2/c1-6(10-14-16-17-15-10)13-11(18)8-5-7(12)3-4-9(8)19-2/h3-6H,1-2H3,(H,13,18)(H,14,15,16,17). The van der Waals surface area contributed by atoms with Gasteiger partial charge in [-0.2, -0.15) is 5.21 Å². The topological polar surface area (TPSA) is 92.8 Å². The van der Waals surface area contributed by atoms with Crippen LogP contribution in [0.4, 0.5) is 0 Å². The number of hydrogen-bond acceptors (Lipinski definition) is 5. The molecule has 19 heavy (non-hydrogen) atoms. The minimum Gasteiger partial charge on any atom is -0.496 e. The number of rotatable bonds is 4. The molecule has 1 atom stereocenters. The molecule has 1 aromatic carbocycles. The zero-order valence-corrected chi connectivity index (χ0v) is 11.1. The van der Waals surface area contributed by atoms with E-state index in [0.717, 1.165) is 0 Å². The summed E-state index contributed by atoms with van der Waals surface area (Å²) in [6.07, 6.45) is 0. The third-order valence-corrected chi connectivity index (χ3v) is 2.74. The van der Waals surface area contributed by atoms with Crippen molar-refractivity contribution >= 4 is 17.5 Å². The number of nitrogens with zero attached hydrogens (tertiary/aromatic N) is 3. The first-order valence-electron chi connectivity index (χ1n) is 5.49. The first-order valence-corrected chi connectivity index (χ1v) is 5.87. The van der Waals surface area contributed by atoms with Gasteiger partial charge >= 0.3 is 0 Å². The maximum Gasteiger partial charge on any atom is 0.255 e. The normalized spacial score (nSPS) is 11.9. The van der Waals surface area contributed by atoms with E-state index in [2.05, 4.69) is 25.9 Å². The molecule has 0 bridgehead atoms. The van der Waals surface area contributed by atoms with E-state index >= 15 is 0 Å². The van der Waals surface area contributed by atoms with Crippen LogP contribution in [0.25, 0.3) is 0 Å². The van der Waals surface area contributed by atoms with E-state index in [4.69, 9.17) is 16.3 Å². The lowest BCUT2D eigenvalue weighted by Gasteiger charge is -2.12. The first-order chi connectivity index (χ1) is 9.11. The van der Waals surface area contributed by atoms with Gasteiger partial charge < -0.3 is 10.1 Å². The molecular formula is C11H12ClN5O2. The molecule has 7 nitrogen and oxygen atoms in total. The average Bonchev–Trinajstić information content (AvgIpc) is 2.92. The molecule has 2 N–H and O–H groups in total. The van der Waals surface area contributed by atoms with Crippen molar-refractivity contribution in [2.75, 3.05) is 7.11 Å². The molecule has 0 spiro atoms. The second-order valence-corrected chi connectivity index (χ2v) is 4.25. The quantitative estimate of drug-likeness (QED) is 0.882. The molecule has 1 amide bonds. The second-order valence-electron chi connectivity index (χ2n) is 3.81.